The van der Waals surface area contributed by atoms with Crippen LogP contribution in [0.2, 0.25) is 0 Å². The number of anilines is 1. The highest BCUT2D eigenvalue weighted by Crippen LogP contribution is 2.32. The molecule has 0 saturated heterocycles. The van der Waals surface area contributed by atoms with Crippen LogP contribution in [0.3, 0.4) is 0 Å². The number of aromatic nitrogens is 6. The molecule has 4 heterocycles. The van der Waals surface area contributed by atoms with E-state index in [0.717, 1.165) is 42.9 Å². The summed E-state index contributed by atoms with van der Waals surface area (Å²) in [6.45, 7) is 3.13. The van der Waals surface area contributed by atoms with E-state index in [0.29, 0.717) is 17.3 Å². The minimum absolute atomic E-state index is 0.0859. The van der Waals surface area contributed by atoms with Gasteiger partial charge >= 0.3 is 0 Å². The Kier molecular flexibility index (Phi) is 5.39. The van der Waals surface area contributed by atoms with Crippen LogP contribution in [0.15, 0.2) is 48.9 Å². The van der Waals surface area contributed by atoms with Crippen LogP contribution in [0, 0.1) is 11.7 Å². The van der Waals surface area contributed by atoms with Crippen molar-refractivity contribution in [3.05, 3.63) is 71.6 Å². The van der Waals surface area contributed by atoms with Gasteiger partial charge in [0.15, 0.2) is 11.5 Å². The monoisotopic (exact) mass is 496 g/mol. The molecule has 2 atom stereocenters. The molecule has 3 N–H and O–H groups in total. The minimum Gasteiger partial charge on any atom is -0.358 e. The molecule has 0 spiro atoms. The molecule has 0 amide bonds. The Morgan fingerprint density at radius 1 is 1.14 bits per heavy atom. The highest BCUT2D eigenvalue weighted by molar-refractivity contribution is 5.85. The molecule has 7 rings (SSSR count). The lowest BCUT2D eigenvalue weighted by atomic mass is 9.91. The molecule has 9 heteroatoms. The molecule has 0 bridgehead atoms. The van der Waals surface area contributed by atoms with Crippen LogP contribution in [0.25, 0.3) is 27.9 Å². The van der Waals surface area contributed by atoms with E-state index in [4.69, 9.17) is 9.97 Å². The summed E-state index contributed by atoms with van der Waals surface area (Å²) in [5, 5.41) is 13.2. The van der Waals surface area contributed by atoms with Crippen LogP contribution in [0.5, 0.6) is 0 Å². The van der Waals surface area contributed by atoms with Crippen molar-refractivity contribution < 1.29 is 4.39 Å². The van der Waals surface area contributed by atoms with Gasteiger partial charge in [-0.3, -0.25) is 4.98 Å². The molecular weight excluding hydrogens is 467 g/mol. The summed E-state index contributed by atoms with van der Waals surface area (Å²) >= 11 is 0. The summed E-state index contributed by atoms with van der Waals surface area (Å²) in [4.78, 5) is 17.2. The molecule has 2 aliphatic carbocycles. The van der Waals surface area contributed by atoms with E-state index in [1.165, 1.54) is 47.3 Å². The number of pyridine rings is 1. The maximum absolute atomic E-state index is 14.0. The number of H-pyrrole nitrogens is 1. The van der Waals surface area contributed by atoms with E-state index >= 15 is 0 Å². The lowest BCUT2D eigenvalue weighted by molar-refractivity contribution is 0.550. The van der Waals surface area contributed by atoms with E-state index in [2.05, 4.69) is 56.9 Å². The number of benzene rings is 1. The molecule has 4 aromatic heterocycles. The molecule has 8 nitrogen and oxygen atoms in total. The van der Waals surface area contributed by atoms with Crippen molar-refractivity contribution in [3.8, 4) is 11.4 Å². The number of nitrogens with zero attached hydrogens (tertiary/aromatic N) is 5. The molecule has 1 saturated carbocycles. The van der Waals surface area contributed by atoms with E-state index in [-0.39, 0.29) is 12.1 Å². The first-order chi connectivity index (χ1) is 18.1. The Bertz CT molecular complexity index is 1600. The summed E-state index contributed by atoms with van der Waals surface area (Å²) in [6.07, 6.45) is 10.1. The molecular formula is C28H29FN8. The standard InChI is InChI=1S/C28H29FN8/c1-16(31-12-17-6-7-17)23-15-32-37-27(23)35-26(18-10-19(29)14-30-13-18)36-28(37)33-20-8-9-25-22(11-20)21-4-2-3-5-24(21)34-25/h2-5,10,13-17,20,31,34H,6-9,11-12H2,1H3,(H,33,35,36)/t16-,20+/m1/s1. The number of hydrogen-bond acceptors (Lipinski definition) is 6. The van der Waals surface area contributed by atoms with Crippen LogP contribution in [0.4, 0.5) is 10.3 Å². The van der Waals surface area contributed by atoms with Gasteiger partial charge in [0.05, 0.1) is 12.4 Å². The van der Waals surface area contributed by atoms with Crippen molar-refractivity contribution in [2.75, 3.05) is 11.9 Å². The summed E-state index contributed by atoms with van der Waals surface area (Å²) in [5.74, 6) is 1.40. The van der Waals surface area contributed by atoms with Gasteiger partial charge in [-0.25, -0.2) is 9.37 Å². The first kappa shape index (κ1) is 22.4. The zero-order valence-corrected chi connectivity index (χ0v) is 20.7. The predicted molar refractivity (Wildman–Crippen MR) is 141 cm³/mol. The fourth-order valence-corrected chi connectivity index (χ4v) is 5.41. The van der Waals surface area contributed by atoms with Gasteiger partial charge in [0, 0.05) is 46.0 Å². The number of halogens is 1. The van der Waals surface area contributed by atoms with Gasteiger partial charge in [-0.2, -0.15) is 14.6 Å². The molecule has 0 aliphatic heterocycles. The van der Waals surface area contributed by atoms with Gasteiger partial charge in [0.25, 0.3) is 0 Å². The highest BCUT2D eigenvalue weighted by Gasteiger charge is 2.26. The Hall–Kier alpha value is -3.85. The van der Waals surface area contributed by atoms with Crippen LogP contribution < -0.4 is 10.6 Å². The van der Waals surface area contributed by atoms with E-state index in [1.807, 2.05) is 6.20 Å². The van der Waals surface area contributed by atoms with Crippen molar-refractivity contribution in [2.45, 2.75) is 51.1 Å². The lowest BCUT2D eigenvalue weighted by Crippen LogP contribution is -2.29. The Morgan fingerprint density at radius 2 is 2.03 bits per heavy atom. The lowest BCUT2D eigenvalue weighted by Gasteiger charge is -2.24. The zero-order valence-electron chi connectivity index (χ0n) is 20.7. The topological polar surface area (TPSA) is 95.8 Å². The first-order valence-corrected chi connectivity index (χ1v) is 13.1. The normalized spacial score (nSPS) is 18.3. The number of aromatic amines is 1. The Labute approximate surface area is 213 Å². The minimum atomic E-state index is -0.414. The van der Waals surface area contributed by atoms with Crippen LogP contribution in [-0.4, -0.2) is 42.1 Å². The van der Waals surface area contributed by atoms with Gasteiger partial charge in [0.2, 0.25) is 5.95 Å². The third-order valence-electron chi connectivity index (χ3n) is 7.66. The predicted octanol–water partition coefficient (Wildman–Crippen LogP) is 4.84. The van der Waals surface area contributed by atoms with Crippen molar-refractivity contribution in [1.29, 1.82) is 0 Å². The van der Waals surface area contributed by atoms with E-state index < -0.39 is 5.82 Å². The second-order valence-electron chi connectivity index (χ2n) is 10.4. The van der Waals surface area contributed by atoms with Crippen LogP contribution >= 0.6 is 0 Å². The summed E-state index contributed by atoms with van der Waals surface area (Å²) < 4.78 is 15.8. The van der Waals surface area contributed by atoms with Gasteiger partial charge in [-0.15, -0.1) is 0 Å². The summed E-state index contributed by atoms with van der Waals surface area (Å²) in [5.41, 5.74) is 6.12. The molecule has 37 heavy (non-hydrogen) atoms. The fraction of sp³-hybridized carbons (Fsp3) is 0.357. The van der Waals surface area contributed by atoms with Gasteiger partial charge < -0.3 is 15.6 Å². The van der Waals surface area contributed by atoms with Crippen molar-refractivity contribution in [1.82, 2.24) is 34.9 Å². The summed E-state index contributed by atoms with van der Waals surface area (Å²) in [6, 6.07) is 10.2. The SMILES string of the molecule is C[C@@H](NCC1CC1)c1cnn2c(N[C@H]3CCc4[nH]c5ccccc5c4C3)nc(-c3cncc(F)c3)nc12. The Balaban J connectivity index is 1.26. The molecule has 2 aliphatic rings. The number of para-hydroxylation sites is 1. The van der Waals surface area contributed by atoms with Crippen molar-refractivity contribution in [2.24, 2.45) is 5.92 Å². The van der Waals surface area contributed by atoms with E-state index in [9.17, 15) is 4.39 Å². The number of fused-ring (bicyclic) bond motifs is 4. The number of aryl methyl sites for hydroxylation is 1. The zero-order chi connectivity index (χ0) is 24.9. The maximum Gasteiger partial charge on any atom is 0.228 e. The van der Waals surface area contributed by atoms with Crippen LogP contribution in [-0.2, 0) is 12.8 Å². The quantitative estimate of drug-likeness (QED) is 0.299. The molecule has 0 unspecified atom stereocenters. The third-order valence-corrected chi connectivity index (χ3v) is 7.66. The average molecular weight is 497 g/mol. The number of nitrogens with one attached hydrogen (secondary N) is 3. The second kappa shape index (κ2) is 8.92. The first-order valence-electron chi connectivity index (χ1n) is 13.1. The summed E-state index contributed by atoms with van der Waals surface area (Å²) in [7, 11) is 0. The molecule has 1 fully saturated rings. The second-order valence-corrected chi connectivity index (χ2v) is 10.4. The fourth-order valence-electron chi connectivity index (χ4n) is 5.41. The highest BCUT2D eigenvalue weighted by atomic mass is 19.1. The Morgan fingerprint density at radius 3 is 2.89 bits per heavy atom. The van der Waals surface area contributed by atoms with E-state index in [1.54, 1.807) is 10.7 Å². The number of hydrogen-bond donors (Lipinski definition) is 3. The molecule has 1 aromatic carbocycles. The third kappa shape index (κ3) is 4.23. The molecule has 5 aromatic rings. The average Bonchev–Trinajstić information content (AvgIpc) is 3.53. The van der Waals surface area contributed by atoms with Crippen molar-refractivity contribution in [3.63, 3.8) is 0 Å². The van der Waals surface area contributed by atoms with Gasteiger partial charge in [0.1, 0.15) is 5.82 Å². The van der Waals surface area contributed by atoms with Crippen LogP contribution in [0.1, 0.15) is 49.0 Å². The molecule has 188 valence electrons. The smallest absolute Gasteiger partial charge is 0.228 e. The largest absolute Gasteiger partial charge is 0.358 e. The van der Waals surface area contributed by atoms with Gasteiger partial charge in [-0.05, 0) is 69.2 Å². The number of rotatable bonds is 7. The van der Waals surface area contributed by atoms with Crippen molar-refractivity contribution >= 4 is 22.5 Å². The van der Waals surface area contributed by atoms with Gasteiger partial charge in [-0.1, -0.05) is 18.2 Å². The molecule has 0 radical (unpaired) electrons. The maximum atomic E-state index is 14.0.